The Labute approximate surface area is 288 Å². The van der Waals surface area contributed by atoms with E-state index in [1.165, 1.54) is 55.2 Å². The van der Waals surface area contributed by atoms with Crippen LogP contribution in [0.15, 0.2) is 182 Å². The normalized spacial score (nSPS) is 13.2. The van der Waals surface area contributed by atoms with E-state index in [9.17, 15) is 0 Å². The summed E-state index contributed by atoms with van der Waals surface area (Å²) in [6.45, 7) is 4.72. The van der Waals surface area contributed by atoms with Crippen LogP contribution in [0.4, 0.5) is 34.1 Å². The predicted octanol–water partition coefficient (Wildman–Crippen LogP) is 13.2. The van der Waals surface area contributed by atoms with Gasteiger partial charge in [0.1, 0.15) is 0 Å². The van der Waals surface area contributed by atoms with Gasteiger partial charge in [-0.3, -0.25) is 0 Å². The zero-order valence-electron chi connectivity index (χ0n) is 27.7. The van der Waals surface area contributed by atoms with E-state index < -0.39 is 0 Å². The number of fused-ring (bicyclic) bond motifs is 5. The average Bonchev–Trinajstić information content (AvgIpc) is 3.16. The molecule has 0 aromatic heterocycles. The first-order chi connectivity index (χ1) is 24.1. The Morgan fingerprint density at radius 1 is 0.408 bits per heavy atom. The molecule has 0 unspecified atom stereocenters. The molecule has 0 amide bonds. The van der Waals surface area contributed by atoms with E-state index in [1.807, 2.05) is 0 Å². The van der Waals surface area contributed by atoms with Crippen LogP contribution in [0.1, 0.15) is 25.0 Å². The van der Waals surface area contributed by atoms with Gasteiger partial charge in [-0.15, -0.1) is 0 Å². The number of hydrogen-bond acceptors (Lipinski definition) is 2. The van der Waals surface area contributed by atoms with Gasteiger partial charge >= 0.3 is 0 Å². The molecule has 0 saturated heterocycles. The minimum absolute atomic E-state index is 0.218. The molecule has 0 aliphatic carbocycles. The van der Waals surface area contributed by atoms with Crippen LogP contribution in [-0.4, -0.2) is 0 Å². The van der Waals surface area contributed by atoms with Crippen LogP contribution in [0.25, 0.3) is 32.7 Å². The minimum Gasteiger partial charge on any atom is -0.310 e. The number of benzene rings is 8. The first-order valence-corrected chi connectivity index (χ1v) is 17.0. The molecule has 0 spiro atoms. The van der Waals surface area contributed by atoms with Crippen LogP contribution in [0, 0.1) is 0 Å². The van der Waals surface area contributed by atoms with Gasteiger partial charge < -0.3 is 9.80 Å². The molecule has 1 aliphatic heterocycles. The van der Waals surface area contributed by atoms with Crippen molar-refractivity contribution in [3.05, 3.63) is 193 Å². The van der Waals surface area contributed by atoms with Crippen LogP contribution < -0.4 is 9.80 Å². The lowest BCUT2D eigenvalue weighted by atomic mass is 9.73. The van der Waals surface area contributed by atoms with Crippen molar-refractivity contribution in [3.8, 4) is 11.1 Å². The Hall–Kier alpha value is -6.12. The molecule has 49 heavy (non-hydrogen) atoms. The van der Waals surface area contributed by atoms with E-state index in [-0.39, 0.29) is 5.41 Å². The lowest BCUT2D eigenvalue weighted by Crippen LogP contribution is -2.31. The number of nitrogens with zero attached hydrogens (tertiary/aromatic N) is 2. The van der Waals surface area contributed by atoms with Gasteiger partial charge in [0.05, 0.1) is 11.4 Å². The zero-order valence-corrected chi connectivity index (χ0v) is 27.7. The molecule has 0 radical (unpaired) electrons. The Morgan fingerprint density at radius 3 is 1.78 bits per heavy atom. The third-order valence-corrected chi connectivity index (χ3v) is 10.2. The second-order valence-corrected chi connectivity index (χ2v) is 13.5. The Balaban J connectivity index is 1.22. The van der Waals surface area contributed by atoms with Gasteiger partial charge in [0.2, 0.25) is 0 Å². The van der Waals surface area contributed by atoms with Gasteiger partial charge in [-0.05, 0) is 104 Å². The van der Waals surface area contributed by atoms with E-state index in [0.29, 0.717) is 0 Å². The van der Waals surface area contributed by atoms with E-state index in [4.69, 9.17) is 0 Å². The highest BCUT2D eigenvalue weighted by molar-refractivity contribution is 6.09. The second kappa shape index (κ2) is 11.5. The van der Waals surface area contributed by atoms with Gasteiger partial charge in [0.25, 0.3) is 0 Å². The first-order valence-electron chi connectivity index (χ1n) is 17.0. The molecule has 234 valence electrons. The lowest BCUT2D eigenvalue weighted by Gasteiger charge is -2.42. The molecule has 0 saturated carbocycles. The average molecular weight is 629 g/mol. The molecule has 0 atom stereocenters. The van der Waals surface area contributed by atoms with Crippen molar-refractivity contribution in [3.63, 3.8) is 0 Å². The minimum atomic E-state index is -0.218. The van der Waals surface area contributed by atoms with E-state index >= 15 is 0 Å². The number of para-hydroxylation sites is 2. The quantitative estimate of drug-likeness (QED) is 0.175. The first kappa shape index (κ1) is 29.1. The van der Waals surface area contributed by atoms with Gasteiger partial charge in [-0.25, -0.2) is 0 Å². The molecule has 2 heteroatoms. The topological polar surface area (TPSA) is 6.48 Å². The molecular weight excluding hydrogens is 593 g/mol. The highest BCUT2D eigenvalue weighted by Crippen LogP contribution is 2.53. The van der Waals surface area contributed by atoms with E-state index in [0.717, 1.165) is 22.7 Å². The largest absolute Gasteiger partial charge is 0.310 e. The number of rotatable bonds is 5. The van der Waals surface area contributed by atoms with Gasteiger partial charge in [-0.1, -0.05) is 135 Å². The summed E-state index contributed by atoms with van der Waals surface area (Å²) in [5.41, 5.74) is 11.8. The van der Waals surface area contributed by atoms with Gasteiger partial charge in [0, 0.05) is 28.2 Å². The maximum Gasteiger partial charge on any atom is 0.0504 e. The summed E-state index contributed by atoms with van der Waals surface area (Å²) in [5.74, 6) is 0. The number of hydrogen-bond donors (Lipinski definition) is 0. The summed E-state index contributed by atoms with van der Waals surface area (Å²) < 4.78 is 0. The van der Waals surface area contributed by atoms with Crippen LogP contribution >= 0.6 is 0 Å². The van der Waals surface area contributed by atoms with E-state index in [1.54, 1.807) is 0 Å². The number of anilines is 6. The summed E-state index contributed by atoms with van der Waals surface area (Å²) in [4.78, 5) is 4.83. The molecule has 1 aliphatic rings. The Morgan fingerprint density at radius 2 is 0.980 bits per heavy atom. The summed E-state index contributed by atoms with van der Waals surface area (Å²) in [5, 5.41) is 5.03. The molecule has 0 N–H and O–H groups in total. The van der Waals surface area contributed by atoms with Gasteiger partial charge in [-0.2, -0.15) is 0 Å². The van der Waals surface area contributed by atoms with Crippen molar-refractivity contribution in [1.29, 1.82) is 0 Å². The van der Waals surface area contributed by atoms with Crippen molar-refractivity contribution < 1.29 is 0 Å². The Bertz CT molecular complexity index is 2460. The van der Waals surface area contributed by atoms with E-state index in [2.05, 4.69) is 206 Å². The smallest absolute Gasteiger partial charge is 0.0504 e. The predicted molar refractivity (Wildman–Crippen MR) is 208 cm³/mol. The molecule has 8 aromatic carbocycles. The summed E-state index contributed by atoms with van der Waals surface area (Å²) >= 11 is 0. The summed E-state index contributed by atoms with van der Waals surface area (Å²) in [6.07, 6.45) is 0. The molecular formula is C47H36N2. The zero-order chi connectivity index (χ0) is 33.0. The van der Waals surface area contributed by atoms with Crippen LogP contribution in [0.3, 0.4) is 0 Å². The van der Waals surface area contributed by atoms with Crippen molar-refractivity contribution >= 4 is 55.7 Å². The van der Waals surface area contributed by atoms with Crippen molar-refractivity contribution in [1.82, 2.24) is 0 Å². The van der Waals surface area contributed by atoms with Crippen molar-refractivity contribution in [2.45, 2.75) is 19.3 Å². The summed E-state index contributed by atoms with van der Waals surface area (Å²) in [6, 6.07) is 66.2. The molecule has 8 aromatic rings. The Kier molecular flexibility index (Phi) is 6.84. The van der Waals surface area contributed by atoms with Crippen LogP contribution in [0.2, 0.25) is 0 Å². The maximum absolute atomic E-state index is 2.43. The molecule has 0 fully saturated rings. The molecule has 9 rings (SSSR count). The SMILES string of the molecule is CC1(C)c2ccccc2N(c2ccc(-c3ccccc3)cc2)c2ccc(N(c3ccccc3)c3ccc4ccc5ccccc5c4c3)cc21. The highest BCUT2D eigenvalue weighted by Gasteiger charge is 2.37. The lowest BCUT2D eigenvalue weighted by molar-refractivity contribution is 0.632. The monoisotopic (exact) mass is 628 g/mol. The highest BCUT2D eigenvalue weighted by atomic mass is 15.2. The fourth-order valence-electron chi connectivity index (χ4n) is 7.70. The molecule has 2 nitrogen and oxygen atoms in total. The maximum atomic E-state index is 2.43. The molecule has 1 heterocycles. The van der Waals surface area contributed by atoms with Crippen LogP contribution in [-0.2, 0) is 5.41 Å². The third-order valence-electron chi connectivity index (χ3n) is 10.2. The molecule has 0 bridgehead atoms. The van der Waals surface area contributed by atoms with Crippen molar-refractivity contribution in [2.24, 2.45) is 0 Å². The summed E-state index contributed by atoms with van der Waals surface area (Å²) in [7, 11) is 0. The van der Waals surface area contributed by atoms with Gasteiger partial charge in [0.15, 0.2) is 0 Å². The fraction of sp³-hybridized carbons (Fsp3) is 0.0638. The third kappa shape index (κ3) is 4.88. The van der Waals surface area contributed by atoms with Crippen LogP contribution in [0.5, 0.6) is 0 Å². The fourth-order valence-corrected chi connectivity index (χ4v) is 7.70. The standard InChI is InChI=1S/C47H36N2/c1-47(2)43-19-11-12-20-45(43)49(38-26-23-34(24-27-38)33-13-5-3-6-14-33)46-30-29-40(32-44(46)47)48(37-16-7-4-8-17-37)39-28-25-36-22-21-35-15-9-10-18-41(35)42(36)31-39/h3-32H,1-2H3. The second-order valence-electron chi connectivity index (χ2n) is 13.5. The van der Waals surface area contributed by atoms with Crippen molar-refractivity contribution in [2.75, 3.05) is 9.80 Å².